The Balaban J connectivity index is 2.03. The minimum absolute atomic E-state index is 0.155. The third-order valence-corrected chi connectivity index (χ3v) is 3.86. The van der Waals surface area contributed by atoms with Gasteiger partial charge in [-0.1, -0.05) is 12.8 Å². The van der Waals surface area contributed by atoms with Gasteiger partial charge in [0.2, 0.25) is 0 Å². The lowest BCUT2D eigenvalue weighted by atomic mass is 10.1. The van der Waals surface area contributed by atoms with Gasteiger partial charge in [0.15, 0.2) is 0 Å². The number of hydrogen-bond acceptors (Lipinski definition) is 4. The van der Waals surface area contributed by atoms with Crippen molar-refractivity contribution in [2.75, 3.05) is 6.61 Å². The van der Waals surface area contributed by atoms with Crippen molar-refractivity contribution in [3.8, 4) is 0 Å². The fourth-order valence-corrected chi connectivity index (χ4v) is 2.98. The van der Waals surface area contributed by atoms with Crippen LogP contribution in [0.4, 0.5) is 0 Å². The summed E-state index contributed by atoms with van der Waals surface area (Å²) in [5.74, 6) is -0.155. The van der Waals surface area contributed by atoms with Crippen LogP contribution in [0, 0.1) is 0 Å². The van der Waals surface area contributed by atoms with Gasteiger partial charge in [-0.25, -0.2) is 4.79 Å². The standard InChI is InChI=1S/C13H19NO2S/c1-2-16-13(15)12(10-7-8-17-9-10)14-11-5-3-4-6-11/h7-9,11-12,14H,2-6H2,1H3. The SMILES string of the molecule is CCOC(=O)C(NC1CCCC1)c1ccsc1. The normalized spacial score (nSPS) is 18.2. The average molecular weight is 253 g/mol. The molecule has 1 aliphatic carbocycles. The molecule has 1 atom stereocenters. The quantitative estimate of drug-likeness (QED) is 0.820. The minimum Gasteiger partial charge on any atom is -0.465 e. The Kier molecular flexibility index (Phi) is 4.57. The maximum Gasteiger partial charge on any atom is 0.327 e. The van der Waals surface area contributed by atoms with Gasteiger partial charge in [-0.3, -0.25) is 5.32 Å². The molecule has 1 fully saturated rings. The first-order valence-electron chi connectivity index (χ1n) is 6.26. The average Bonchev–Trinajstić information content (AvgIpc) is 2.99. The summed E-state index contributed by atoms with van der Waals surface area (Å²) in [7, 11) is 0. The Labute approximate surface area is 106 Å². The molecule has 2 rings (SSSR count). The van der Waals surface area contributed by atoms with E-state index in [1.165, 1.54) is 25.7 Å². The summed E-state index contributed by atoms with van der Waals surface area (Å²) >= 11 is 1.61. The number of carbonyl (C=O) groups is 1. The predicted octanol–water partition coefficient (Wildman–Crippen LogP) is 2.88. The van der Waals surface area contributed by atoms with Gasteiger partial charge >= 0.3 is 5.97 Å². The fraction of sp³-hybridized carbons (Fsp3) is 0.615. The molecular weight excluding hydrogens is 234 g/mol. The van der Waals surface area contributed by atoms with Crippen molar-refractivity contribution in [2.24, 2.45) is 0 Å². The smallest absolute Gasteiger partial charge is 0.327 e. The second kappa shape index (κ2) is 6.17. The van der Waals surface area contributed by atoms with E-state index in [4.69, 9.17) is 4.74 Å². The highest BCUT2D eigenvalue weighted by Crippen LogP contribution is 2.24. The van der Waals surface area contributed by atoms with Crippen LogP contribution in [0.5, 0.6) is 0 Å². The monoisotopic (exact) mass is 253 g/mol. The molecule has 0 aliphatic heterocycles. The van der Waals surface area contributed by atoms with Crippen LogP contribution < -0.4 is 5.32 Å². The van der Waals surface area contributed by atoms with Crippen LogP contribution in [-0.2, 0) is 9.53 Å². The van der Waals surface area contributed by atoms with Crippen LogP contribution in [-0.4, -0.2) is 18.6 Å². The van der Waals surface area contributed by atoms with E-state index in [-0.39, 0.29) is 12.0 Å². The van der Waals surface area contributed by atoms with E-state index in [9.17, 15) is 4.79 Å². The lowest BCUT2D eigenvalue weighted by Crippen LogP contribution is -2.36. The molecule has 3 nitrogen and oxygen atoms in total. The summed E-state index contributed by atoms with van der Waals surface area (Å²) in [5, 5.41) is 7.45. The zero-order valence-corrected chi connectivity index (χ0v) is 11.0. The number of esters is 1. The van der Waals surface area contributed by atoms with Crippen molar-refractivity contribution in [2.45, 2.75) is 44.7 Å². The van der Waals surface area contributed by atoms with E-state index in [2.05, 4.69) is 5.32 Å². The number of thiophene rings is 1. The molecule has 1 aliphatic rings. The fourth-order valence-electron chi connectivity index (χ4n) is 2.29. The number of hydrogen-bond donors (Lipinski definition) is 1. The molecule has 0 bridgehead atoms. The molecule has 0 amide bonds. The van der Waals surface area contributed by atoms with Crippen molar-refractivity contribution in [3.63, 3.8) is 0 Å². The van der Waals surface area contributed by atoms with Gasteiger partial charge in [0.05, 0.1) is 6.61 Å². The van der Waals surface area contributed by atoms with E-state index < -0.39 is 0 Å². The van der Waals surface area contributed by atoms with E-state index in [0.717, 1.165) is 5.56 Å². The summed E-state index contributed by atoms with van der Waals surface area (Å²) in [6.45, 7) is 2.28. The van der Waals surface area contributed by atoms with Crippen LogP contribution in [0.2, 0.25) is 0 Å². The second-order valence-corrected chi connectivity index (χ2v) is 5.17. The van der Waals surface area contributed by atoms with Crippen LogP contribution >= 0.6 is 11.3 Å². The molecule has 0 aromatic carbocycles. The molecule has 1 heterocycles. The Bertz CT molecular complexity index is 344. The number of nitrogens with one attached hydrogen (secondary N) is 1. The molecule has 1 aromatic heterocycles. The van der Waals surface area contributed by atoms with E-state index >= 15 is 0 Å². The van der Waals surface area contributed by atoms with Crippen molar-refractivity contribution in [3.05, 3.63) is 22.4 Å². The van der Waals surface area contributed by atoms with E-state index in [1.807, 2.05) is 23.8 Å². The molecule has 1 saturated carbocycles. The van der Waals surface area contributed by atoms with Gasteiger partial charge in [0.1, 0.15) is 6.04 Å². The minimum atomic E-state index is -0.288. The van der Waals surface area contributed by atoms with E-state index in [0.29, 0.717) is 12.6 Å². The van der Waals surface area contributed by atoms with Crippen molar-refractivity contribution < 1.29 is 9.53 Å². The molecule has 1 unspecified atom stereocenters. The zero-order valence-electron chi connectivity index (χ0n) is 10.1. The van der Waals surface area contributed by atoms with Gasteiger partial charge in [-0.15, -0.1) is 0 Å². The van der Waals surface area contributed by atoms with Crippen LogP contribution in [0.15, 0.2) is 16.8 Å². The van der Waals surface area contributed by atoms with Gasteiger partial charge in [0.25, 0.3) is 0 Å². The zero-order chi connectivity index (χ0) is 12.1. The van der Waals surface area contributed by atoms with Crippen molar-refractivity contribution >= 4 is 17.3 Å². The molecule has 1 aromatic rings. The Morgan fingerprint density at radius 3 is 2.94 bits per heavy atom. The molecule has 0 spiro atoms. The van der Waals surface area contributed by atoms with E-state index in [1.54, 1.807) is 11.3 Å². The first-order valence-corrected chi connectivity index (χ1v) is 7.20. The maximum absolute atomic E-state index is 11.9. The van der Waals surface area contributed by atoms with Gasteiger partial charge in [-0.2, -0.15) is 11.3 Å². The van der Waals surface area contributed by atoms with Crippen molar-refractivity contribution in [1.82, 2.24) is 5.32 Å². The number of ether oxygens (including phenoxy) is 1. The first kappa shape index (κ1) is 12.6. The number of rotatable bonds is 5. The van der Waals surface area contributed by atoms with Gasteiger partial charge in [-0.05, 0) is 42.2 Å². The van der Waals surface area contributed by atoms with Gasteiger partial charge in [0, 0.05) is 6.04 Å². The molecule has 1 N–H and O–H groups in total. The topological polar surface area (TPSA) is 38.3 Å². The predicted molar refractivity (Wildman–Crippen MR) is 69.1 cm³/mol. The first-order chi connectivity index (χ1) is 8.31. The molecule has 0 saturated heterocycles. The van der Waals surface area contributed by atoms with Crippen LogP contribution in [0.1, 0.15) is 44.2 Å². The maximum atomic E-state index is 11.9. The molecule has 17 heavy (non-hydrogen) atoms. The van der Waals surface area contributed by atoms with Crippen LogP contribution in [0.3, 0.4) is 0 Å². The summed E-state index contributed by atoms with van der Waals surface area (Å²) in [6.07, 6.45) is 4.85. The summed E-state index contributed by atoms with van der Waals surface area (Å²) in [4.78, 5) is 11.9. The van der Waals surface area contributed by atoms with Crippen LogP contribution in [0.25, 0.3) is 0 Å². The lowest BCUT2D eigenvalue weighted by Gasteiger charge is -2.20. The Morgan fingerprint density at radius 1 is 1.59 bits per heavy atom. The molecular formula is C13H19NO2S. The third kappa shape index (κ3) is 3.30. The highest BCUT2D eigenvalue weighted by molar-refractivity contribution is 7.08. The summed E-state index contributed by atoms with van der Waals surface area (Å²) in [6, 6.07) is 2.17. The van der Waals surface area contributed by atoms with Gasteiger partial charge < -0.3 is 4.74 Å². The number of carbonyl (C=O) groups excluding carboxylic acids is 1. The highest BCUT2D eigenvalue weighted by Gasteiger charge is 2.26. The Hall–Kier alpha value is -0.870. The Morgan fingerprint density at radius 2 is 2.35 bits per heavy atom. The largest absolute Gasteiger partial charge is 0.465 e. The summed E-state index contributed by atoms with van der Waals surface area (Å²) in [5.41, 5.74) is 1.03. The lowest BCUT2D eigenvalue weighted by molar-refractivity contribution is -0.146. The second-order valence-electron chi connectivity index (χ2n) is 4.39. The van der Waals surface area contributed by atoms with Crippen molar-refractivity contribution in [1.29, 1.82) is 0 Å². The summed E-state index contributed by atoms with van der Waals surface area (Å²) < 4.78 is 5.14. The third-order valence-electron chi connectivity index (χ3n) is 3.16. The molecule has 94 valence electrons. The highest BCUT2D eigenvalue weighted by atomic mass is 32.1. The molecule has 4 heteroatoms. The molecule has 0 radical (unpaired) electrons.